The number of benzene rings is 1. The third-order valence-corrected chi connectivity index (χ3v) is 4.23. The second-order valence-electron chi connectivity index (χ2n) is 6.42. The second kappa shape index (κ2) is 10.0. The topological polar surface area (TPSA) is 69.2 Å². The predicted molar refractivity (Wildman–Crippen MR) is 102 cm³/mol. The van der Waals surface area contributed by atoms with Crippen LogP contribution in [0.5, 0.6) is 17.2 Å². The Kier molecular flexibility index (Phi) is 7.75. The number of hydrogen-bond acceptors (Lipinski definition) is 5. The first-order chi connectivity index (χ1) is 12.6. The number of hydrazone groups is 1. The van der Waals surface area contributed by atoms with E-state index in [1.807, 2.05) is 20.8 Å². The maximum absolute atomic E-state index is 12.6. The number of nitrogens with one attached hydrogen (secondary N) is 1. The van der Waals surface area contributed by atoms with Crippen LogP contribution < -0.4 is 19.6 Å². The van der Waals surface area contributed by atoms with Gasteiger partial charge in [0.2, 0.25) is 5.75 Å². The number of carbonyl (C=O) groups is 1. The highest BCUT2D eigenvalue weighted by atomic mass is 16.5. The maximum atomic E-state index is 12.6. The normalized spacial score (nSPS) is 18.5. The Labute approximate surface area is 155 Å². The number of hydrogen-bond donors (Lipinski definition) is 1. The zero-order valence-corrected chi connectivity index (χ0v) is 16.3. The fourth-order valence-corrected chi connectivity index (χ4v) is 3.08. The van der Waals surface area contributed by atoms with Crippen LogP contribution in [0.25, 0.3) is 0 Å². The molecule has 1 atom stereocenters. The summed E-state index contributed by atoms with van der Waals surface area (Å²) in [6.07, 6.45) is 4.24. The van der Waals surface area contributed by atoms with Crippen LogP contribution in [0.15, 0.2) is 17.2 Å². The van der Waals surface area contributed by atoms with Gasteiger partial charge in [-0.1, -0.05) is 6.92 Å². The van der Waals surface area contributed by atoms with Crippen LogP contribution in [0.1, 0.15) is 63.7 Å². The summed E-state index contributed by atoms with van der Waals surface area (Å²) >= 11 is 0. The Balaban J connectivity index is 2.23. The summed E-state index contributed by atoms with van der Waals surface area (Å²) < 4.78 is 17.0. The molecule has 1 aliphatic rings. The van der Waals surface area contributed by atoms with Crippen LogP contribution in [0, 0.1) is 5.92 Å². The van der Waals surface area contributed by atoms with E-state index in [4.69, 9.17) is 14.2 Å². The molecule has 0 saturated heterocycles. The first-order valence-electron chi connectivity index (χ1n) is 9.51. The summed E-state index contributed by atoms with van der Waals surface area (Å²) in [7, 11) is 0. The first kappa shape index (κ1) is 20.1. The molecule has 0 heterocycles. The summed E-state index contributed by atoms with van der Waals surface area (Å²) in [6, 6.07) is 3.35. The van der Waals surface area contributed by atoms with E-state index in [2.05, 4.69) is 17.5 Å². The molecule has 0 aliphatic heterocycles. The highest BCUT2D eigenvalue weighted by Gasteiger charge is 2.19. The van der Waals surface area contributed by atoms with Gasteiger partial charge in [0, 0.05) is 11.3 Å². The molecular weight excluding hydrogens is 332 g/mol. The van der Waals surface area contributed by atoms with Crippen molar-refractivity contribution in [1.82, 2.24) is 5.43 Å². The molecule has 1 amide bonds. The van der Waals surface area contributed by atoms with Gasteiger partial charge < -0.3 is 14.2 Å². The molecule has 6 heteroatoms. The van der Waals surface area contributed by atoms with Gasteiger partial charge in [-0.3, -0.25) is 4.79 Å². The summed E-state index contributed by atoms with van der Waals surface area (Å²) in [5.74, 6) is 1.88. The van der Waals surface area contributed by atoms with Crippen molar-refractivity contribution in [1.29, 1.82) is 0 Å². The van der Waals surface area contributed by atoms with Crippen molar-refractivity contribution in [3.63, 3.8) is 0 Å². The van der Waals surface area contributed by atoms with E-state index in [1.54, 1.807) is 12.1 Å². The molecule has 1 saturated carbocycles. The monoisotopic (exact) mass is 362 g/mol. The van der Waals surface area contributed by atoms with Gasteiger partial charge in [-0.05, 0) is 64.5 Å². The van der Waals surface area contributed by atoms with Crippen LogP contribution in [0.2, 0.25) is 0 Å². The average molecular weight is 362 g/mol. The number of ether oxygens (including phenoxy) is 3. The van der Waals surface area contributed by atoms with Crippen LogP contribution in [-0.2, 0) is 0 Å². The van der Waals surface area contributed by atoms with E-state index in [-0.39, 0.29) is 5.91 Å². The average Bonchev–Trinajstić information content (AvgIpc) is 2.62. The lowest BCUT2D eigenvalue weighted by molar-refractivity contribution is 0.0953. The molecule has 1 aliphatic carbocycles. The van der Waals surface area contributed by atoms with Crippen molar-refractivity contribution >= 4 is 11.6 Å². The number of nitrogens with zero attached hydrogens (tertiary/aromatic N) is 1. The fraction of sp³-hybridized carbons (Fsp3) is 0.600. The molecule has 1 fully saturated rings. The van der Waals surface area contributed by atoms with Gasteiger partial charge in [-0.15, -0.1) is 0 Å². The van der Waals surface area contributed by atoms with Crippen molar-refractivity contribution in [2.45, 2.75) is 53.4 Å². The van der Waals surface area contributed by atoms with Crippen molar-refractivity contribution < 1.29 is 19.0 Å². The van der Waals surface area contributed by atoms with Gasteiger partial charge in [0.25, 0.3) is 5.91 Å². The van der Waals surface area contributed by atoms with Crippen molar-refractivity contribution in [3.05, 3.63) is 17.7 Å². The molecule has 0 spiro atoms. The van der Waals surface area contributed by atoms with Crippen LogP contribution in [-0.4, -0.2) is 31.4 Å². The molecule has 0 radical (unpaired) electrons. The summed E-state index contributed by atoms with van der Waals surface area (Å²) in [6.45, 7) is 9.31. The lowest BCUT2D eigenvalue weighted by Crippen LogP contribution is -2.22. The molecule has 1 unspecified atom stereocenters. The third kappa shape index (κ3) is 5.38. The Bertz CT molecular complexity index is 616. The van der Waals surface area contributed by atoms with Crippen molar-refractivity contribution in [2.24, 2.45) is 11.0 Å². The van der Waals surface area contributed by atoms with E-state index >= 15 is 0 Å². The molecule has 2 rings (SSSR count). The minimum absolute atomic E-state index is 0.277. The molecule has 1 aromatic carbocycles. The zero-order chi connectivity index (χ0) is 18.9. The SMILES string of the molecule is CCOc1cc(C(=O)N/N=C2\CCCC(C)C2)cc(OCC)c1OCC. The zero-order valence-electron chi connectivity index (χ0n) is 16.3. The lowest BCUT2D eigenvalue weighted by Gasteiger charge is -2.19. The Morgan fingerprint density at radius 3 is 2.27 bits per heavy atom. The molecule has 0 aromatic heterocycles. The minimum Gasteiger partial charge on any atom is -0.490 e. The predicted octanol–water partition coefficient (Wildman–Crippen LogP) is 4.18. The number of carbonyl (C=O) groups excluding carboxylic acids is 1. The van der Waals surface area contributed by atoms with Gasteiger partial charge in [0.15, 0.2) is 11.5 Å². The fourth-order valence-electron chi connectivity index (χ4n) is 3.08. The molecule has 6 nitrogen and oxygen atoms in total. The van der Waals surface area contributed by atoms with E-state index in [0.29, 0.717) is 48.6 Å². The second-order valence-corrected chi connectivity index (χ2v) is 6.42. The van der Waals surface area contributed by atoms with Gasteiger partial charge >= 0.3 is 0 Å². The molecular formula is C20H30N2O4. The van der Waals surface area contributed by atoms with E-state index in [1.165, 1.54) is 6.42 Å². The Morgan fingerprint density at radius 2 is 1.73 bits per heavy atom. The van der Waals surface area contributed by atoms with Crippen LogP contribution in [0.3, 0.4) is 0 Å². The van der Waals surface area contributed by atoms with E-state index < -0.39 is 0 Å². The molecule has 0 bridgehead atoms. The van der Waals surface area contributed by atoms with Gasteiger partial charge in [-0.25, -0.2) is 5.43 Å². The first-order valence-corrected chi connectivity index (χ1v) is 9.51. The summed E-state index contributed by atoms with van der Waals surface area (Å²) in [4.78, 5) is 12.6. The largest absolute Gasteiger partial charge is 0.490 e. The minimum atomic E-state index is -0.277. The van der Waals surface area contributed by atoms with Gasteiger partial charge in [0.1, 0.15) is 0 Å². The smallest absolute Gasteiger partial charge is 0.271 e. The Morgan fingerprint density at radius 1 is 1.12 bits per heavy atom. The highest BCUT2D eigenvalue weighted by Crippen LogP contribution is 2.39. The van der Waals surface area contributed by atoms with Crippen LogP contribution in [0.4, 0.5) is 0 Å². The third-order valence-electron chi connectivity index (χ3n) is 4.23. The molecule has 26 heavy (non-hydrogen) atoms. The standard InChI is InChI=1S/C20H30N2O4/c1-5-24-17-12-15(13-18(25-6-2)19(17)26-7-3)20(23)22-21-16-10-8-9-14(4)11-16/h12-14H,5-11H2,1-4H3,(H,22,23)/b21-16+. The van der Waals surface area contributed by atoms with Gasteiger partial charge in [0.05, 0.1) is 19.8 Å². The van der Waals surface area contributed by atoms with Gasteiger partial charge in [-0.2, -0.15) is 5.10 Å². The quantitative estimate of drug-likeness (QED) is 0.705. The van der Waals surface area contributed by atoms with E-state index in [0.717, 1.165) is 25.0 Å². The summed E-state index contributed by atoms with van der Waals surface area (Å²) in [5.41, 5.74) is 4.17. The lowest BCUT2D eigenvalue weighted by atomic mass is 9.89. The maximum Gasteiger partial charge on any atom is 0.271 e. The Hall–Kier alpha value is -2.24. The highest BCUT2D eigenvalue weighted by molar-refractivity contribution is 5.96. The van der Waals surface area contributed by atoms with Crippen molar-refractivity contribution in [3.8, 4) is 17.2 Å². The number of rotatable bonds is 8. The number of amides is 1. The van der Waals surface area contributed by atoms with E-state index in [9.17, 15) is 4.79 Å². The van der Waals surface area contributed by atoms with Crippen molar-refractivity contribution in [2.75, 3.05) is 19.8 Å². The molecule has 1 aromatic rings. The summed E-state index contributed by atoms with van der Waals surface area (Å²) in [5, 5.41) is 4.32. The molecule has 144 valence electrons. The van der Waals surface area contributed by atoms with Crippen LogP contribution >= 0.6 is 0 Å². The molecule has 1 N–H and O–H groups in total.